The average Bonchev–Trinajstić information content (AvgIpc) is 3.32. The van der Waals surface area contributed by atoms with Crippen LogP contribution >= 0.6 is 7.75 Å². The minimum atomic E-state index is -4.70. The Morgan fingerprint density at radius 1 is 1.44 bits per heavy atom. The van der Waals surface area contributed by atoms with Crippen LogP contribution in [0.25, 0.3) is 0 Å². The number of aliphatic hydroxyl groups is 2. The van der Waals surface area contributed by atoms with Gasteiger partial charge in [-0.2, -0.15) is 0 Å². The molecule has 6 atom stereocenters. The molecule has 1 fully saturated rings. The first-order valence-electron chi connectivity index (χ1n) is 9.35. The van der Waals surface area contributed by atoms with E-state index in [9.17, 15) is 34.1 Å². The first kappa shape index (κ1) is 24.0. The van der Waals surface area contributed by atoms with Crippen LogP contribution in [0.1, 0.15) is 17.5 Å². The van der Waals surface area contributed by atoms with Gasteiger partial charge in [0.1, 0.15) is 18.3 Å². The van der Waals surface area contributed by atoms with Gasteiger partial charge in [-0.25, -0.2) is 14.3 Å². The fourth-order valence-electron chi connectivity index (χ4n) is 3.02. The van der Waals surface area contributed by atoms with E-state index in [0.29, 0.717) is 5.69 Å². The zero-order valence-electron chi connectivity index (χ0n) is 16.7. The number of H-pyrrole nitrogens is 2. The molecule has 1 saturated heterocycles. The lowest BCUT2D eigenvalue weighted by Gasteiger charge is -2.19. The van der Waals surface area contributed by atoms with Crippen LogP contribution in [0.2, 0.25) is 0 Å². The number of aromatic nitrogens is 4. The second kappa shape index (κ2) is 9.46. The van der Waals surface area contributed by atoms with Gasteiger partial charge in [-0.1, -0.05) is 0 Å². The minimum Gasteiger partial charge on any atom is -0.387 e. The quantitative estimate of drug-likeness (QED) is 0.190. The van der Waals surface area contributed by atoms with E-state index in [-0.39, 0.29) is 12.0 Å². The lowest BCUT2D eigenvalue weighted by molar-refractivity contribution is -0.121. The second-order valence-corrected chi connectivity index (χ2v) is 8.71. The molecule has 16 heteroatoms. The number of amides is 1. The van der Waals surface area contributed by atoms with Crippen molar-refractivity contribution in [2.45, 2.75) is 43.9 Å². The second-order valence-electron chi connectivity index (χ2n) is 7.19. The number of aromatic amines is 2. The van der Waals surface area contributed by atoms with Gasteiger partial charge in [0.25, 0.3) is 5.56 Å². The van der Waals surface area contributed by atoms with Crippen molar-refractivity contribution in [3.8, 4) is 0 Å². The molecule has 1 unspecified atom stereocenters. The number of carbonyl (C=O) groups excluding carboxylic acids is 1. The maximum atomic E-state index is 12.2. The van der Waals surface area contributed by atoms with E-state index in [4.69, 9.17) is 15.0 Å². The summed E-state index contributed by atoms with van der Waals surface area (Å²) in [7, 11) is -4.70. The molecule has 1 amide bonds. The number of aryl methyl sites for hydroxylation is 1. The highest BCUT2D eigenvalue weighted by atomic mass is 31.2. The summed E-state index contributed by atoms with van der Waals surface area (Å²) in [6, 6.07) is -1.18. The Labute approximate surface area is 179 Å². The topological polar surface area (TPSA) is 235 Å². The number of nitrogens with two attached hydrogens (primary N) is 1. The van der Waals surface area contributed by atoms with Crippen molar-refractivity contribution in [1.82, 2.24) is 24.6 Å². The van der Waals surface area contributed by atoms with E-state index in [2.05, 4.69) is 9.97 Å². The molecular weight excluding hydrogens is 451 g/mol. The normalized spacial score (nSPS) is 25.9. The molecular formula is C16H23N6O9P. The van der Waals surface area contributed by atoms with Gasteiger partial charge < -0.3 is 30.6 Å². The van der Waals surface area contributed by atoms with Gasteiger partial charge in [-0.15, -0.1) is 0 Å². The molecule has 0 saturated carbocycles. The van der Waals surface area contributed by atoms with Crippen molar-refractivity contribution in [2.24, 2.45) is 5.73 Å². The van der Waals surface area contributed by atoms with Gasteiger partial charge in [0.15, 0.2) is 6.23 Å². The SMILES string of the molecule is Cc1cn([C@@H]2O[C@H](COP(=O)(O)NC(=O)[C@@H](N)Cc3c[nH]cn3)[C@@H](O)[C@H]2O)c(=O)[nH]c1=O. The van der Waals surface area contributed by atoms with Gasteiger partial charge in [0, 0.05) is 24.4 Å². The lowest BCUT2D eigenvalue weighted by atomic mass is 10.1. The number of ether oxygens (including phenoxy) is 1. The Morgan fingerprint density at radius 2 is 2.16 bits per heavy atom. The molecule has 176 valence electrons. The maximum absolute atomic E-state index is 12.2. The van der Waals surface area contributed by atoms with Gasteiger partial charge >= 0.3 is 13.4 Å². The number of rotatable bonds is 8. The molecule has 0 aliphatic carbocycles. The van der Waals surface area contributed by atoms with E-state index in [1.807, 2.05) is 4.98 Å². The van der Waals surface area contributed by atoms with Crippen molar-refractivity contribution in [1.29, 1.82) is 0 Å². The summed E-state index contributed by atoms with van der Waals surface area (Å²) >= 11 is 0. The van der Waals surface area contributed by atoms with Crippen molar-refractivity contribution >= 4 is 13.7 Å². The van der Waals surface area contributed by atoms with E-state index in [1.54, 1.807) is 5.09 Å². The van der Waals surface area contributed by atoms with E-state index >= 15 is 0 Å². The third kappa shape index (κ3) is 5.39. The smallest absolute Gasteiger partial charge is 0.387 e. The lowest BCUT2D eigenvalue weighted by Crippen LogP contribution is -2.41. The Balaban J connectivity index is 1.60. The molecule has 0 aromatic carbocycles. The predicted molar refractivity (Wildman–Crippen MR) is 106 cm³/mol. The summed E-state index contributed by atoms with van der Waals surface area (Å²) in [6.45, 7) is 0.711. The fourth-order valence-corrected chi connectivity index (χ4v) is 3.88. The molecule has 1 aliphatic heterocycles. The summed E-state index contributed by atoms with van der Waals surface area (Å²) in [6.07, 6.45) is -1.89. The number of nitrogens with zero attached hydrogens (tertiary/aromatic N) is 2. The molecule has 2 aromatic heterocycles. The van der Waals surface area contributed by atoms with Crippen molar-refractivity contribution < 1.29 is 33.7 Å². The molecule has 8 N–H and O–H groups in total. The third-order valence-corrected chi connectivity index (χ3v) is 5.75. The number of imidazole rings is 1. The number of nitrogens with one attached hydrogen (secondary N) is 3. The van der Waals surface area contributed by atoms with Crippen molar-refractivity contribution in [3.05, 3.63) is 50.8 Å². The minimum absolute atomic E-state index is 0.000984. The summed E-state index contributed by atoms with van der Waals surface area (Å²) in [5, 5.41) is 22.2. The zero-order chi connectivity index (χ0) is 23.6. The van der Waals surface area contributed by atoms with Gasteiger partial charge in [-0.3, -0.25) is 28.8 Å². The number of carbonyl (C=O) groups is 1. The van der Waals surface area contributed by atoms with Crippen molar-refractivity contribution in [3.63, 3.8) is 0 Å². The predicted octanol–water partition coefficient (Wildman–Crippen LogP) is -3.01. The zero-order valence-corrected chi connectivity index (χ0v) is 17.6. The van der Waals surface area contributed by atoms with Gasteiger partial charge in [0.05, 0.1) is 24.7 Å². The summed E-state index contributed by atoms with van der Waals surface area (Å²) in [5.41, 5.74) is 4.80. The molecule has 2 aromatic rings. The first-order chi connectivity index (χ1) is 15.0. The third-order valence-electron chi connectivity index (χ3n) is 4.74. The van der Waals surface area contributed by atoms with Crippen LogP contribution < -0.4 is 22.1 Å². The standard InChI is InChI=1S/C16H23N6O9P/c1-7-4-22(16(27)20-13(7)25)15-12(24)11(23)10(31-15)5-30-32(28,29)21-14(26)9(17)2-8-3-18-6-19-8/h3-4,6,9-12,15,23-24H,2,5,17H2,1H3,(H,18,19)(H,20,25,27)(H2,21,26,28,29)/t9-,10+,11+,12+,15+/m0/s1. The Bertz CT molecular complexity index is 1120. The molecule has 32 heavy (non-hydrogen) atoms. The molecule has 0 radical (unpaired) electrons. The van der Waals surface area contributed by atoms with Crippen LogP contribution in [0.4, 0.5) is 0 Å². The number of aliphatic hydroxyl groups excluding tert-OH is 2. The average molecular weight is 474 g/mol. The Hall–Kier alpha value is -2.65. The molecule has 3 rings (SSSR count). The van der Waals surface area contributed by atoms with E-state index in [1.165, 1.54) is 19.4 Å². The van der Waals surface area contributed by atoms with Gasteiger partial charge in [-0.05, 0) is 6.92 Å². The van der Waals surface area contributed by atoms with E-state index in [0.717, 1.165) is 10.8 Å². The molecule has 0 spiro atoms. The first-order valence-corrected chi connectivity index (χ1v) is 10.9. The van der Waals surface area contributed by atoms with E-state index < -0.39 is 62.1 Å². The number of hydrogen-bond donors (Lipinski definition) is 7. The van der Waals surface area contributed by atoms with Crippen LogP contribution in [0.3, 0.4) is 0 Å². The van der Waals surface area contributed by atoms with Crippen LogP contribution in [-0.2, 0) is 25.0 Å². The molecule has 1 aliphatic rings. The Morgan fingerprint density at radius 3 is 2.81 bits per heavy atom. The molecule has 15 nitrogen and oxygen atoms in total. The largest absolute Gasteiger partial charge is 0.432 e. The Kier molecular flexibility index (Phi) is 7.09. The maximum Gasteiger partial charge on any atom is 0.432 e. The summed E-state index contributed by atoms with van der Waals surface area (Å²) in [5.74, 6) is -0.972. The monoisotopic (exact) mass is 474 g/mol. The fraction of sp³-hybridized carbons (Fsp3) is 0.500. The highest BCUT2D eigenvalue weighted by molar-refractivity contribution is 7.51. The van der Waals surface area contributed by atoms with Crippen LogP contribution in [0, 0.1) is 6.92 Å². The molecule has 3 heterocycles. The van der Waals surface area contributed by atoms with Crippen molar-refractivity contribution in [2.75, 3.05) is 6.61 Å². The van der Waals surface area contributed by atoms with Crippen LogP contribution in [0.5, 0.6) is 0 Å². The highest BCUT2D eigenvalue weighted by Gasteiger charge is 2.45. The van der Waals surface area contributed by atoms with Gasteiger partial charge in [0.2, 0.25) is 5.91 Å². The van der Waals surface area contributed by atoms with Crippen LogP contribution in [0.15, 0.2) is 28.3 Å². The molecule has 0 bridgehead atoms. The summed E-state index contributed by atoms with van der Waals surface area (Å²) < 4.78 is 23.3. The summed E-state index contributed by atoms with van der Waals surface area (Å²) in [4.78, 5) is 54.1. The number of hydrogen-bond acceptors (Lipinski definition) is 10. The van der Waals surface area contributed by atoms with Crippen LogP contribution in [-0.4, -0.2) is 71.5 Å². The highest BCUT2D eigenvalue weighted by Crippen LogP contribution is 2.39.